The first-order valence-corrected chi connectivity index (χ1v) is 9.45. The Bertz CT molecular complexity index is 999. The maximum atomic E-state index is 11.1. The van der Waals surface area contributed by atoms with E-state index in [1.165, 1.54) is 0 Å². The van der Waals surface area contributed by atoms with Crippen LogP contribution in [0.5, 0.6) is 23.0 Å². The highest BCUT2D eigenvalue weighted by molar-refractivity contribution is 5.76. The van der Waals surface area contributed by atoms with E-state index in [1.54, 1.807) is 25.3 Å². The number of benzene rings is 3. The second kappa shape index (κ2) is 8.27. The molecular formula is C24H22O5. The summed E-state index contributed by atoms with van der Waals surface area (Å²) in [5, 5.41) is 0. The molecule has 0 saturated heterocycles. The zero-order valence-corrected chi connectivity index (χ0v) is 16.3. The number of aldehydes is 1. The summed E-state index contributed by atoms with van der Waals surface area (Å²) in [5.41, 5.74) is 2.53. The fourth-order valence-electron chi connectivity index (χ4n) is 3.34. The van der Waals surface area contributed by atoms with E-state index in [0.29, 0.717) is 35.2 Å². The average molecular weight is 390 g/mol. The number of rotatable bonds is 6. The minimum atomic E-state index is -0.332. The van der Waals surface area contributed by atoms with Crippen LogP contribution in [0.2, 0.25) is 0 Å². The Labute approximate surface area is 169 Å². The zero-order chi connectivity index (χ0) is 20.2. The topological polar surface area (TPSA) is 54.0 Å². The molecule has 3 aromatic carbocycles. The minimum Gasteiger partial charge on any atom is -0.493 e. The molecule has 0 aliphatic carbocycles. The second-order valence-electron chi connectivity index (χ2n) is 6.87. The number of carbonyl (C=O) groups is 1. The van der Waals surface area contributed by atoms with Crippen LogP contribution in [0.3, 0.4) is 0 Å². The van der Waals surface area contributed by atoms with Crippen LogP contribution in [-0.4, -0.2) is 19.5 Å². The lowest BCUT2D eigenvalue weighted by molar-refractivity contribution is 0.0305. The van der Waals surface area contributed by atoms with Crippen LogP contribution in [0.4, 0.5) is 0 Å². The van der Waals surface area contributed by atoms with E-state index >= 15 is 0 Å². The van der Waals surface area contributed by atoms with Gasteiger partial charge in [-0.2, -0.15) is 0 Å². The van der Waals surface area contributed by atoms with E-state index in [2.05, 4.69) is 0 Å². The smallest absolute Gasteiger partial charge is 0.163 e. The third-order valence-corrected chi connectivity index (χ3v) is 4.85. The first-order chi connectivity index (χ1) is 14.2. The van der Waals surface area contributed by atoms with Gasteiger partial charge in [0.05, 0.1) is 7.11 Å². The number of methoxy groups -OCH3 is 1. The van der Waals surface area contributed by atoms with Crippen LogP contribution in [0.15, 0.2) is 66.7 Å². The lowest BCUT2D eigenvalue weighted by atomic mass is 10.0. The largest absolute Gasteiger partial charge is 0.493 e. The highest BCUT2D eigenvalue weighted by Gasteiger charge is 2.30. The molecule has 0 aromatic heterocycles. The van der Waals surface area contributed by atoms with E-state index < -0.39 is 0 Å². The summed E-state index contributed by atoms with van der Waals surface area (Å²) in [7, 11) is 1.61. The first kappa shape index (κ1) is 18.9. The molecule has 1 heterocycles. The number of hydrogen-bond donors (Lipinski definition) is 0. The van der Waals surface area contributed by atoms with Gasteiger partial charge in [-0.25, -0.2) is 0 Å². The zero-order valence-electron chi connectivity index (χ0n) is 16.3. The van der Waals surface area contributed by atoms with Gasteiger partial charge in [0.15, 0.2) is 29.1 Å². The Hall–Kier alpha value is -3.47. The average Bonchev–Trinajstić information content (AvgIpc) is 2.77. The Morgan fingerprint density at radius 1 is 0.931 bits per heavy atom. The lowest BCUT2D eigenvalue weighted by Gasteiger charge is -2.32. The molecule has 3 aromatic rings. The van der Waals surface area contributed by atoms with Gasteiger partial charge in [0.25, 0.3) is 0 Å². The maximum Gasteiger partial charge on any atom is 0.163 e. The van der Waals surface area contributed by atoms with Gasteiger partial charge in [-0.15, -0.1) is 0 Å². The number of fused-ring (bicyclic) bond motifs is 1. The standard InChI is InChI=1S/C24H22O5/c1-16-24(29-23-12-18(14-25)8-10-21(23)28-16)19-9-11-20(22(13-19)26-2)27-15-17-6-4-3-5-7-17/h3-14,16,24H,15H2,1-2H3. The molecule has 148 valence electrons. The van der Waals surface area contributed by atoms with Crippen LogP contribution in [-0.2, 0) is 6.61 Å². The van der Waals surface area contributed by atoms with Crippen molar-refractivity contribution >= 4 is 6.29 Å². The van der Waals surface area contributed by atoms with Gasteiger partial charge < -0.3 is 18.9 Å². The van der Waals surface area contributed by atoms with Gasteiger partial charge in [-0.1, -0.05) is 36.4 Å². The summed E-state index contributed by atoms with van der Waals surface area (Å²) < 4.78 is 23.6. The van der Waals surface area contributed by atoms with Crippen molar-refractivity contribution in [2.45, 2.75) is 25.7 Å². The Morgan fingerprint density at radius 2 is 1.76 bits per heavy atom. The molecule has 1 aliphatic rings. The Kier molecular flexibility index (Phi) is 5.38. The quantitative estimate of drug-likeness (QED) is 0.555. The van der Waals surface area contributed by atoms with E-state index in [0.717, 1.165) is 17.4 Å². The maximum absolute atomic E-state index is 11.1. The molecule has 0 saturated carbocycles. The molecular weight excluding hydrogens is 368 g/mol. The number of carbonyl (C=O) groups excluding carboxylic acids is 1. The summed E-state index contributed by atoms with van der Waals surface area (Å²) in [6.45, 7) is 2.41. The van der Waals surface area contributed by atoms with Gasteiger partial charge >= 0.3 is 0 Å². The summed E-state index contributed by atoms with van der Waals surface area (Å²) in [5.74, 6) is 2.48. The highest BCUT2D eigenvalue weighted by Crippen LogP contribution is 2.41. The van der Waals surface area contributed by atoms with Crippen LogP contribution in [0, 0.1) is 0 Å². The van der Waals surface area contributed by atoms with Gasteiger partial charge in [-0.3, -0.25) is 4.79 Å². The van der Waals surface area contributed by atoms with Gasteiger partial charge in [0.2, 0.25) is 0 Å². The van der Waals surface area contributed by atoms with Gasteiger partial charge in [0.1, 0.15) is 19.0 Å². The third kappa shape index (κ3) is 4.04. The van der Waals surface area contributed by atoms with Crippen molar-refractivity contribution in [3.8, 4) is 23.0 Å². The van der Waals surface area contributed by atoms with E-state index in [-0.39, 0.29) is 12.2 Å². The fraction of sp³-hybridized carbons (Fsp3) is 0.208. The van der Waals surface area contributed by atoms with Crippen molar-refractivity contribution < 1.29 is 23.7 Å². The normalized spacial score (nSPS) is 17.4. The number of hydrogen-bond acceptors (Lipinski definition) is 5. The third-order valence-electron chi connectivity index (χ3n) is 4.85. The van der Waals surface area contributed by atoms with Crippen LogP contribution in [0.1, 0.15) is 34.5 Å². The summed E-state index contributed by atoms with van der Waals surface area (Å²) in [6.07, 6.45) is 0.255. The van der Waals surface area contributed by atoms with Crippen LogP contribution in [0.25, 0.3) is 0 Å². The van der Waals surface area contributed by atoms with Crippen molar-refractivity contribution in [3.05, 3.63) is 83.4 Å². The molecule has 0 N–H and O–H groups in total. The van der Waals surface area contributed by atoms with E-state index in [9.17, 15) is 4.79 Å². The van der Waals surface area contributed by atoms with Gasteiger partial charge in [0, 0.05) is 11.1 Å². The molecule has 0 spiro atoms. The predicted molar refractivity (Wildman–Crippen MR) is 109 cm³/mol. The minimum absolute atomic E-state index is 0.203. The van der Waals surface area contributed by atoms with Crippen molar-refractivity contribution in [1.29, 1.82) is 0 Å². The molecule has 5 heteroatoms. The van der Waals surface area contributed by atoms with E-state index in [4.69, 9.17) is 18.9 Å². The van der Waals surface area contributed by atoms with Gasteiger partial charge in [-0.05, 0) is 42.8 Å². The molecule has 5 nitrogen and oxygen atoms in total. The van der Waals surface area contributed by atoms with Crippen molar-refractivity contribution in [1.82, 2.24) is 0 Å². The molecule has 0 bridgehead atoms. The predicted octanol–water partition coefficient (Wildman–Crippen LogP) is 4.99. The molecule has 0 radical (unpaired) electrons. The molecule has 2 unspecified atom stereocenters. The first-order valence-electron chi connectivity index (χ1n) is 9.45. The van der Waals surface area contributed by atoms with Crippen molar-refractivity contribution in [2.75, 3.05) is 7.11 Å². The SMILES string of the molecule is COc1cc(C2Oc3cc(C=O)ccc3OC2C)ccc1OCc1ccccc1. The molecule has 0 amide bonds. The van der Waals surface area contributed by atoms with Crippen molar-refractivity contribution in [3.63, 3.8) is 0 Å². The molecule has 4 rings (SSSR count). The summed E-state index contributed by atoms with van der Waals surface area (Å²) in [6, 6.07) is 20.9. The Balaban J connectivity index is 1.55. The van der Waals surface area contributed by atoms with Crippen molar-refractivity contribution in [2.24, 2.45) is 0 Å². The van der Waals surface area contributed by atoms with Crippen LogP contribution >= 0.6 is 0 Å². The molecule has 0 fully saturated rings. The highest BCUT2D eigenvalue weighted by atomic mass is 16.6. The van der Waals surface area contributed by atoms with E-state index in [1.807, 2.05) is 55.5 Å². The monoisotopic (exact) mass is 390 g/mol. The second-order valence-corrected chi connectivity index (χ2v) is 6.87. The number of ether oxygens (including phenoxy) is 4. The molecule has 29 heavy (non-hydrogen) atoms. The fourth-order valence-corrected chi connectivity index (χ4v) is 3.34. The van der Waals surface area contributed by atoms with Crippen LogP contribution < -0.4 is 18.9 Å². The Morgan fingerprint density at radius 3 is 2.52 bits per heavy atom. The summed E-state index contributed by atoms with van der Waals surface area (Å²) in [4.78, 5) is 11.1. The molecule has 2 atom stereocenters. The lowest BCUT2D eigenvalue weighted by Crippen LogP contribution is -2.30. The molecule has 1 aliphatic heterocycles. The summed E-state index contributed by atoms with van der Waals surface area (Å²) >= 11 is 0.